The third-order valence-electron chi connectivity index (χ3n) is 6.52. The molecule has 2 aromatic heterocycles. The Morgan fingerprint density at radius 3 is 2.91 bits per heavy atom. The number of nitrogens with zero attached hydrogens (tertiary/aromatic N) is 4. The van der Waals surface area contributed by atoms with Crippen LogP contribution in [0.1, 0.15) is 18.5 Å². The molecule has 3 amide bonds. The highest BCUT2D eigenvalue weighted by atomic mass is 19.3. The topological polar surface area (TPSA) is 118 Å². The summed E-state index contributed by atoms with van der Waals surface area (Å²) in [4.78, 5) is 34.1. The lowest BCUT2D eigenvalue weighted by Crippen LogP contribution is -2.56. The zero-order chi connectivity index (χ0) is 22.9. The van der Waals surface area contributed by atoms with E-state index in [-0.39, 0.29) is 12.5 Å². The number of urea groups is 1. The van der Waals surface area contributed by atoms with Gasteiger partial charge in [0.2, 0.25) is 5.91 Å². The van der Waals surface area contributed by atoms with Gasteiger partial charge in [-0.05, 0) is 31.6 Å². The number of hydrogen-bond acceptors (Lipinski definition) is 6. The molecule has 4 aliphatic rings. The number of aromatic amines is 1. The Hall–Kier alpha value is -3.70. The molecular weight excluding hydrogens is 434 g/mol. The van der Waals surface area contributed by atoms with Crippen molar-refractivity contribution in [3.8, 4) is 0 Å². The second-order valence-electron chi connectivity index (χ2n) is 8.85. The maximum absolute atomic E-state index is 13.4. The van der Waals surface area contributed by atoms with Crippen molar-refractivity contribution in [1.82, 2.24) is 35.6 Å². The second-order valence-corrected chi connectivity index (χ2v) is 8.85. The van der Waals surface area contributed by atoms with E-state index in [1.807, 2.05) is 19.1 Å². The highest BCUT2D eigenvalue weighted by Crippen LogP contribution is 2.41. The summed E-state index contributed by atoms with van der Waals surface area (Å²) in [7, 11) is 0. The summed E-state index contributed by atoms with van der Waals surface area (Å²) in [5.74, 6) is -2.55. The number of amides is 3. The highest BCUT2D eigenvalue weighted by molar-refractivity contribution is 5.98. The molecule has 0 radical (unpaired) electrons. The second kappa shape index (κ2) is 6.90. The molecule has 12 heteroatoms. The van der Waals surface area contributed by atoms with Crippen LogP contribution in [0.25, 0.3) is 11.0 Å². The van der Waals surface area contributed by atoms with Gasteiger partial charge in [-0.25, -0.2) is 18.6 Å². The summed E-state index contributed by atoms with van der Waals surface area (Å²) in [6.45, 7) is 3.32. The fourth-order valence-electron chi connectivity index (χ4n) is 4.65. The number of allylic oxidation sites excluding steroid dienone is 1. The Balaban J connectivity index is 1.25. The zero-order valence-electron chi connectivity index (χ0n) is 17.7. The average Bonchev–Trinajstić information content (AvgIpc) is 3.09. The van der Waals surface area contributed by atoms with Gasteiger partial charge in [-0.2, -0.15) is 5.10 Å². The number of hydrogen-bond donors (Lipinski definition) is 4. The normalized spacial score (nSPS) is 26.8. The van der Waals surface area contributed by atoms with E-state index in [9.17, 15) is 18.4 Å². The smallest absolute Gasteiger partial charge is 0.329 e. The quantitative estimate of drug-likeness (QED) is 0.555. The van der Waals surface area contributed by atoms with E-state index in [2.05, 4.69) is 36.0 Å². The fourth-order valence-corrected chi connectivity index (χ4v) is 4.65. The van der Waals surface area contributed by atoms with Crippen molar-refractivity contribution in [3.05, 3.63) is 41.5 Å². The van der Waals surface area contributed by atoms with Crippen LogP contribution in [0.4, 0.5) is 19.4 Å². The van der Waals surface area contributed by atoms with Gasteiger partial charge in [-0.15, -0.1) is 0 Å². The van der Waals surface area contributed by atoms with Crippen LogP contribution < -0.4 is 16.0 Å². The number of aromatic nitrogens is 3. The molecule has 1 saturated heterocycles. The first-order valence-electron chi connectivity index (χ1n) is 10.8. The Bertz CT molecular complexity index is 1240. The summed E-state index contributed by atoms with van der Waals surface area (Å²) in [6, 6.07) is 1.21. The number of carbonyl (C=O) groups is 2. The van der Waals surface area contributed by atoms with E-state index >= 15 is 0 Å². The summed E-state index contributed by atoms with van der Waals surface area (Å²) < 4.78 is 26.5. The molecule has 1 aliphatic carbocycles. The summed E-state index contributed by atoms with van der Waals surface area (Å²) in [6.07, 6.45) is 3.83. The Morgan fingerprint density at radius 1 is 1.30 bits per heavy atom. The van der Waals surface area contributed by atoms with Crippen molar-refractivity contribution in [3.63, 3.8) is 0 Å². The van der Waals surface area contributed by atoms with Gasteiger partial charge in [-0.1, -0.05) is 6.08 Å². The van der Waals surface area contributed by atoms with Crippen molar-refractivity contribution < 1.29 is 18.4 Å². The van der Waals surface area contributed by atoms with E-state index in [1.165, 1.54) is 0 Å². The van der Waals surface area contributed by atoms with Crippen molar-refractivity contribution >= 4 is 28.8 Å². The molecule has 2 aromatic rings. The molecule has 3 aliphatic heterocycles. The number of nitrogens with one attached hydrogen (secondary N) is 4. The fraction of sp³-hybridized carbons (Fsp3) is 0.429. The van der Waals surface area contributed by atoms with Crippen molar-refractivity contribution in [2.75, 3.05) is 18.4 Å². The third-order valence-corrected chi connectivity index (χ3v) is 6.52. The highest BCUT2D eigenvalue weighted by Gasteiger charge is 2.58. The van der Waals surface area contributed by atoms with Crippen molar-refractivity contribution in [2.24, 2.45) is 0 Å². The number of aryl methyl sites for hydroxylation is 1. The SMILES string of the molecule is Cc1ccc2c(NC(=O)N3C4=C(C=CC(C(=O)NC5CC5(F)F)N4)N4CC[C@H]3C4)n[nH]c2n1. The number of H-pyrrole nitrogens is 1. The van der Waals surface area contributed by atoms with E-state index in [0.717, 1.165) is 24.4 Å². The number of halogens is 2. The molecule has 0 spiro atoms. The van der Waals surface area contributed by atoms with Crippen LogP contribution in [-0.4, -0.2) is 74.1 Å². The average molecular weight is 456 g/mol. The zero-order valence-corrected chi connectivity index (χ0v) is 17.7. The molecule has 2 fully saturated rings. The van der Waals surface area contributed by atoms with Gasteiger partial charge in [0.15, 0.2) is 11.5 Å². The molecule has 2 bridgehead atoms. The van der Waals surface area contributed by atoms with Gasteiger partial charge < -0.3 is 15.5 Å². The van der Waals surface area contributed by atoms with Gasteiger partial charge in [0, 0.05) is 25.2 Å². The first kappa shape index (κ1) is 19.9. The maximum Gasteiger partial charge on any atom is 0.329 e. The van der Waals surface area contributed by atoms with Gasteiger partial charge in [0.1, 0.15) is 11.9 Å². The van der Waals surface area contributed by atoms with Crippen LogP contribution in [0.15, 0.2) is 35.8 Å². The van der Waals surface area contributed by atoms with Crippen LogP contribution >= 0.6 is 0 Å². The summed E-state index contributed by atoms with van der Waals surface area (Å²) in [5, 5.41) is 16.0. The minimum absolute atomic E-state index is 0.0928. The lowest BCUT2D eigenvalue weighted by molar-refractivity contribution is -0.122. The van der Waals surface area contributed by atoms with E-state index < -0.39 is 29.9 Å². The number of anilines is 1. The summed E-state index contributed by atoms with van der Waals surface area (Å²) >= 11 is 0. The standard InChI is InChI=1S/C21H22F2N8O2/c1-10-2-3-12-16(24-10)28-29-17(12)27-20(33)31-11-6-7-30(9-11)14-5-4-13(25-18(14)31)19(32)26-15-8-21(15,22)23/h2-5,11,13,15,25H,6-9H2,1H3,(H,26,32)(H2,24,27,28,29,33)/t11-,13?,15?/m0/s1. The number of pyridine rings is 1. The predicted molar refractivity (Wildman–Crippen MR) is 114 cm³/mol. The lowest BCUT2D eigenvalue weighted by atomic mass is 10.1. The maximum atomic E-state index is 13.4. The molecule has 10 nitrogen and oxygen atoms in total. The molecule has 0 aromatic carbocycles. The molecule has 172 valence electrons. The minimum atomic E-state index is -2.85. The molecule has 3 atom stereocenters. The van der Waals surface area contributed by atoms with Gasteiger partial charge in [0.25, 0.3) is 5.92 Å². The minimum Gasteiger partial charge on any atom is -0.366 e. The first-order valence-corrected chi connectivity index (χ1v) is 10.8. The third kappa shape index (κ3) is 3.28. The van der Waals surface area contributed by atoms with Gasteiger partial charge >= 0.3 is 6.03 Å². The van der Waals surface area contributed by atoms with E-state index in [4.69, 9.17) is 0 Å². The van der Waals surface area contributed by atoms with Crippen LogP contribution in [0.5, 0.6) is 0 Å². The first-order chi connectivity index (χ1) is 15.8. The lowest BCUT2D eigenvalue weighted by Gasteiger charge is -2.40. The van der Waals surface area contributed by atoms with Crippen LogP contribution in [0, 0.1) is 6.92 Å². The van der Waals surface area contributed by atoms with Crippen LogP contribution in [-0.2, 0) is 4.79 Å². The molecular formula is C21H22F2N8O2. The number of alkyl halides is 2. The Kier molecular flexibility index (Phi) is 4.17. The molecule has 1 saturated carbocycles. The molecule has 2 unspecified atom stereocenters. The predicted octanol–water partition coefficient (Wildman–Crippen LogP) is 1.41. The van der Waals surface area contributed by atoms with Crippen molar-refractivity contribution in [1.29, 1.82) is 0 Å². The van der Waals surface area contributed by atoms with E-state index in [0.29, 0.717) is 29.2 Å². The number of rotatable bonds is 3. The molecule has 5 heterocycles. The van der Waals surface area contributed by atoms with E-state index in [1.54, 1.807) is 17.1 Å². The Morgan fingerprint density at radius 2 is 2.12 bits per heavy atom. The Labute approximate surface area is 187 Å². The number of dihydropyridines is 1. The number of fused-ring (bicyclic) bond motifs is 4. The number of carbonyl (C=O) groups excluding carboxylic acids is 2. The summed E-state index contributed by atoms with van der Waals surface area (Å²) in [5.41, 5.74) is 2.19. The van der Waals surface area contributed by atoms with Gasteiger partial charge in [0.05, 0.1) is 23.2 Å². The molecule has 33 heavy (non-hydrogen) atoms. The molecule has 4 N–H and O–H groups in total. The van der Waals surface area contributed by atoms with Crippen LogP contribution in [0.2, 0.25) is 0 Å². The van der Waals surface area contributed by atoms with Crippen molar-refractivity contribution in [2.45, 2.75) is 43.8 Å². The molecule has 6 rings (SSSR count). The largest absolute Gasteiger partial charge is 0.366 e. The van der Waals surface area contributed by atoms with Crippen LogP contribution in [0.3, 0.4) is 0 Å². The monoisotopic (exact) mass is 456 g/mol. The van der Waals surface area contributed by atoms with Gasteiger partial charge in [-0.3, -0.25) is 20.1 Å².